The van der Waals surface area contributed by atoms with Crippen LogP contribution < -0.4 is 0 Å². The van der Waals surface area contributed by atoms with Gasteiger partial charge in [0.1, 0.15) is 5.60 Å². The van der Waals surface area contributed by atoms with E-state index in [2.05, 4.69) is 0 Å². The summed E-state index contributed by atoms with van der Waals surface area (Å²) in [7, 11) is 0. The van der Waals surface area contributed by atoms with E-state index in [1.54, 1.807) is 20.8 Å². The van der Waals surface area contributed by atoms with Crippen molar-refractivity contribution in [1.82, 2.24) is 4.90 Å². The highest BCUT2D eigenvalue weighted by Crippen LogP contribution is 2.35. The molecule has 1 N–H and O–H groups in total. The van der Waals surface area contributed by atoms with Crippen molar-refractivity contribution in [3.05, 3.63) is 0 Å². The van der Waals surface area contributed by atoms with E-state index in [4.69, 9.17) is 9.84 Å². The third-order valence-corrected chi connectivity index (χ3v) is 2.51. The zero-order valence-electron chi connectivity index (χ0n) is 10.6. The highest BCUT2D eigenvalue weighted by molar-refractivity contribution is 5.70. The Balaban J connectivity index is 2.67. The molecular weight excluding hydrogens is 248 g/mol. The molecule has 0 aromatic rings. The third kappa shape index (κ3) is 3.82. The van der Waals surface area contributed by atoms with E-state index in [0.29, 0.717) is 0 Å². The summed E-state index contributed by atoms with van der Waals surface area (Å²) < 4.78 is 32.0. The molecule has 0 unspecified atom stereocenters. The van der Waals surface area contributed by atoms with Crippen LogP contribution in [0.4, 0.5) is 13.6 Å². The van der Waals surface area contributed by atoms with Crippen LogP contribution in [-0.4, -0.2) is 46.7 Å². The van der Waals surface area contributed by atoms with Crippen LogP contribution in [0.3, 0.4) is 0 Å². The van der Waals surface area contributed by atoms with Crippen molar-refractivity contribution >= 4 is 12.1 Å². The van der Waals surface area contributed by atoms with Gasteiger partial charge in [-0.3, -0.25) is 4.79 Å². The van der Waals surface area contributed by atoms with Crippen LogP contribution in [0.5, 0.6) is 0 Å². The number of carbonyl (C=O) groups excluding carboxylic acids is 1. The molecule has 0 saturated carbocycles. The molecule has 18 heavy (non-hydrogen) atoms. The summed E-state index contributed by atoms with van der Waals surface area (Å²) in [5, 5.41) is 8.55. The minimum atomic E-state index is -3.19. The molecule has 1 amide bonds. The number of carbonyl (C=O) groups is 2. The van der Waals surface area contributed by atoms with Gasteiger partial charge in [0.25, 0.3) is 5.92 Å². The number of carboxylic acids is 1. The highest BCUT2D eigenvalue weighted by atomic mass is 19.3. The van der Waals surface area contributed by atoms with Gasteiger partial charge in [0, 0.05) is 6.54 Å². The molecule has 1 saturated heterocycles. The Hall–Kier alpha value is -1.40. The summed E-state index contributed by atoms with van der Waals surface area (Å²) in [6, 6.07) is 0. The van der Waals surface area contributed by atoms with Crippen molar-refractivity contribution in [2.75, 3.05) is 13.1 Å². The van der Waals surface area contributed by atoms with Gasteiger partial charge >= 0.3 is 12.1 Å². The maximum atomic E-state index is 13.5. The Morgan fingerprint density at radius 2 is 2.00 bits per heavy atom. The van der Waals surface area contributed by atoms with Crippen molar-refractivity contribution < 1.29 is 28.2 Å². The number of rotatable bonds is 2. The van der Waals surface area contributed by atoms with E-state index in [1.807, 2.05) is 0 Å². The standard InChI is InChI=1S/C11H17F2NO4/c1-10(2,3)18-9(17)14-5-7(4-8(15)16)11(12,13)6-14/h7H,4-6H2,1-3H3,(H,15,16)/t7-/m0/s1. The molecule has 5 nitrogen and oxygen atoms in total. The van der Waals surface area contributed by atoms with E-state index >= 15 is 0 Å². The number of carboxylic acid groups (broad SMARTS) is 1. The number of halogens is 2. The Bertz CT molecular complexity index is 351. The van der Waals surface area contributed by atoms with Crippen molar-refractivity contribution in [3.8, 4) is 0 Å². The molecule has 0 radical (unpaired) electrons. The summed E-state index contributed by atoms with van der Waals surface area (Å²) in [4.78, 5) is 22.9. The van der Waals surface area contributed by atoms with Gasteiger partial charge in [-0.05, 0) is 20.8 Å². The van der Waals surface area contributed by atoms with Crippen LogP contribution in [0.2, 0.25) is 0 Å². The smallest absolute Gasteiger partial charge is 0.410 e. The summed E-state index contributed by atoms with van der Waals surface area (Å²) in [5.74, 6) is -5.84. The second-order valence-corrected chi connectivity index (χ2v) is 5.42. The van der Waals surface area contributed by atoms with Crippen LogP contribution in [-0.2, 0) is 9.53 Å². The average Bonchev–Trinajstić information content (AvgIpc) is 2.38. The second-order valence-electron chi connectivity index (χ2n) is 5.42. The van der Waals surface area contributed by atoms with E-state index in [-0.39, 0.29) is 6.54 Å². The first-order valence-electron chi connectivity index (χ1n) is 5.59. The molecule has 1 aliphatic rings. The van der Waals surface area contributed by atoms with Crippen LogP contribution in [0.15, 0.2) is 0 Å². The zero-order valence-corrected chi connectivity index (χ0v) is 10.6. The van der Waals surface area contributed by atoms with E-state index < -0.39 is 42.5 Å². The van der Waals surface area contributed by atoms with E-state index in [9.17, 15) is 18.4 Å². The number of aliphatic carboxylic acids is 1. The molecule has 1 rings (SSSR count). The first-order chi connectivity index (χ1) is 8.01. The molecular formula is C11H17F2NO4. The van der Waals surface area contributed by atoms with Crippen LogP contribution in [0.1, 0.15) is 27.2 Å². The minimum absolute atomic E-state index is 0.297. The lowest BCUT2D eigenvalue weighted by atomic mass is 10.0. The summed E-state index contributed by atoms with van der Waals surface area (Å²) in [6.07, 6.45) is -1.50. The number of hydrogen-bond acceptors (Lipinski definition) is 3. The maximum absolute atomic E-state index is 13.5. The first-order valence-corrected chi connectivity index (χ1v) is 5.59. The maximum Gasteiger partial charge on any atom is 0.410 e. The largest absolute Gasteiger partial charge is 0.481 e. The van der Waals surface area contributed by atoms with Gasteiger partial charge in [-0.25, -0.2) is 13.6 Å². The molecule has 7 heteroatoms. The Kier molecular flexibility index (Phi) is 3.83. The molecule has 1 heterocycles. The zero-order chi connectivity index (χ0) is 14.1. The lowest BCUT2D eigenvalue weighted by molar-refractivity contribution is -0.141. The fourth-order valence-electron chi connectivity index (χ4n) is 1.74. The predicted octanol–water partition coefficient (Wildman–Crippen LogP) is 1.96. The monoisotopic (exact) mass is 265 g/mol. The van der Waals surface area contributed by atoms with Gasteiger partial charge in [-0.1, -0.05) is 0 Å². The molecule has 0 bridgehead atoms. The SMILES string of the molecule is CC(C)(C)OC(=O)N1C[C@H](CC(=O)O)C(F)(F)C1. The van der Waals surface area contributed by atoms with Gasteiger partial charge in [-0.2, -0.15) is 0 Å². The van der Waals surface area contributed by atoms with Gasteiger partial charge < -0.3 is 14.7 Å². The fraction of sp³-hybridized carbons (Fsp3) is 0.818. The summed E-state index contributed by atoms with van der Waals surface area (Å²) >= 11 is 0. The van der Waals surface area contributed by atoms with Gasteiger partial charge in [0.05, 0.1) is 18.9 Å². The van der Waals surface area contributed by atoms with Crippen molar-refractivity contribution in [3.63, 3.8) is 0 Å². The molecule has 0 spiro atoms. The van der Waals surface area contributed by atoms with Crippen molar-refractivity contribution in [2.24, 2.45) is 5.92 Å². The summed E-state index contributed by atoms with van der Waals surface area (Å²) in [5.41, 5.74) is -0.767. The number of amides is 1. The first kappa shape index (κ1) is 14.7. The molecule has 0 aromatic heterocycles. The topological polar surface area (TPSA) is 66.8 Å². The molecule has 104 valence electrons. The molecule has 0 aliphatic carbocycles. The highest BCUT2D eigenvalue weighted by Gasteiger charge is 2.50. The molecule has 1 aliphatic heterocycles. The average molecular weight is 265 g/mol. The number of alkyl halides is 2. The predicted molar refractivity (Wildman–Crippen MR) is 58.5 cm³/mol. The lowest BCUT2D eigenvalue weighted by Crippen LogP contribution is -2.36. The third-order valence-electron chi connectivity index (χ3n) is 2.51. The number of likely N-dealkylation sites (tertiary alicyclic amines) is 1. The number of ether oxygens (including phenoxy) is 1. The van der Waals surface area contributed by atoms with Gasteiger partial charge in [0.15, 0.2) is 0 Å². The quantitative estimate of drug-likeness (QED) is 0.828. The van der Waals surface area contributed by atoms with Crippen LogP contribution >= 0.6 is 0 Å². The fourth-order valence-corrected chi connectivity index (χ4v) is 1.74. The van der Waals surface area contributed by atoms with Gasteiger partial charge in [0.2, 0.25) is 0 Å². The normalized spacial score (nSPS) is 22.9. The second kappa shape index (κ2) is 4.70. The Labute approximate surface area is 104 Å². The van der Waals surface area contributed by atoms with Crippen LogP contribution in [0, 0.1) is 5.92 Å². The number of hydrogen-bond donors (Lipinski definition) is 1. The van der Waals surface area contributed by atoms with Gasteiger partial charge in [-0.15, -0.1) is 0 Å². The molecule has 1 atom stereocenters. The molecule has 0 aromatic carbocycles. The minimum Gasteiger partial charge on any atom is -0.481 e. The summed E-state index contributed by atoms with van der Waals surface area (Å²) in [6.45, 7) is 3.81. The van der Waals surface area contributed by atoms with Crippen molar-refractivity contribution in [1.29, 1.82) is 0 Å². The molecule has 1 fully saturated rings. The van der Waals surface area contributed by atoms with Crippen LogP contribution in [0.25, 0.3) is 0 Å². The number of nitrogens with zero attached hydrogens (tertiary/aromatic N) is 1. The Morgan fingerprint density at radius 1 is 1.44 bits per heavy atom. The van der Waals surface area contributed by atoms with E-state index in [1.165, 1.54) is 0 Å². The van der Waals surface area contributed by atoms with Crippen molar-refractivity contribution in [2.45, 2.75) is 38.7 Å². The lowest BCUT2D eigenvalue weighted by Gasteiger charge is -2.24. The Morgan fingerprint density at radius 3 is 2.44 bits per heavy atom. The van der Waals surface area contributed by atoms with E-state index in [0.717, 1.165) is 4.90 Å².